The molecular weight excluding hydrogens is 240 g/mol. The maximum atomic E-state index is 8.77. The Kier molecular flexibility index (Phi) is 4.52. The van der Waals surface area contributed by atoms with Gasteiger partial charge in [-0.3, -0.25) is 0 Å². The highest BCUT2D eigenvalue weighted by Gasteiger charge is 2.09. The van der Waals surface area contributed by atoms with Gasteiger partial charge in [0.05, 0.1) is 6.61 Å². The Labute approximate surface area is 113 Å². The second-order valence-corrected chi connectivity index (χ2v) is 4.45. The van der Waals surface area contributed by atoms with Crippen LogP contribution in [-0.4, -0.2) is 33.0 Å². The quantitative estimate of drug-likeness (QED) is 0.834. The number of aryl methyl sites for hydroxylation is 1. The molecule has 5 nitrogen and oxygen atoms in total. The van der Waals surface area contributed by atoms with Crippen LogP contribution < -0.4 is 5.32 Å². The standard InChI is InChI=1S/C14H20N4O/c1-3-9-18-11(2)16-17-14(18)12-4-6-13(7-5-12)15-8-10-19/h4-7,15,19H,3,8-10H2,1-2H3. The van der Waals surface area contributed by atoms with Crippen molar-refractivity contribution < 1.29 is 5.11 Å². The van der Waals surface area contributed by atoms with Gasteiger partial charge in [-0.1, -0.05) is 6.92 Å². The average Bonchev–Trinajstić information content (AvgIpc) is 2.79. The number of benzene rings is 1. The maximum Gasteiger partial charge on any atom is 0.163 e. The van der Waals surface area contributed by atoms with Crippen LogP contribution >= 0.6 is 0 Å². The normalized spacial score (nSPS) is 10.7. The van der Waals surface area contributed by atoms with Crippen molar-refractivity contribution in [1.29, 1.82) is 0 Å². The topological polar surface area (TPSA) is 63.0 Å². The summed E-state index contributed by atoms with van der Waals surface area (Å²) in [5, 5.41) is 20.3. The first-order valence-corrected chi connectivity index (χ1v) is 6.61. The first kappa shape index (κ1) is 13.5. The van der Waals surface area contributed by atoms with Crippen LogP contribution in [0.25, 0.3) is 11.4 Å². The fourth-order valence-electron chi connectivity index (χ4n) is 2.02. The van der Waals surface area contributed by atoms with Crippen LogP contribution in [0, 0.1) is 6.92 Å². The molecule has 5 heteroatoms. The van der Waals surface area contributed by atoms with E-state index >= 15 is 0 Å². The lowest BCUT2D eigenvalue weighted by atomic mass is 10.2. The fraction of sp³-hybridized carbons (Fsp3) is 0.429. The largest absolute Gasteiger partial charge is 0.395 e. The number of hydrogen-bond donors (Lipinski definition) is 2. The SMILES string of the molecule is CCCn1c(C)nnc1-c1ccc(NCCO)cc1. The number of hydrogen-bond acceptors (Lipinski definition) is 4. The summed E-state index contributed by atoms with van der Waals surface area (Å²) in [4.78, 5) is 0. The van der Waals surface area contributed by atoms with Gasteiger partial charge in [0.2, 0.25) is 0 Å². The molecule has 0 radical (unpaired) electrons. The molecule has 102 valence electrons. The summed E-state index contributed by atoms with van der Waals surface area (Å²) in [7, 11) is 0. The van der Waals surface area contributed by atoms with Gasteiger partial charge in [0.25, 0.3) is 0 Å². The highest BCUT2D eigenvalue weighted by atomic mass is 16.3. The van der Waals surface area contributed by atoms with Crippen molar-refractivity contribution in [3.8, 4) is 11.4 Å². The van der Waals surface area contributed by atoms with Crippen molar-refractivity contribution >= 4 is 5.69 Å². The molecule has 1 aromatic heterocycles. The van der Waals surface area contributed by atoms with E-state index in [1.165, 1.54) is 0 Å². The monoisotopic (exact) mass is 260 g/mol. The van der Waals surface area contributed by atoms with Gasteiger partial charge in [0, 0.05) is 24.3 Å². The minimum absolute atomic E-state index is 0.131. The molecule has 2 rings (SSSR count). The van der Waals surface area contributed by atoms with Crippen LogP contribution in [-0.2, 0) is 6.54 Å². The fourth-order valence-corrected chi connectivity index (χ4v) is 2.02. The molecule has 0 saturated heterocycles. The number of rotatable bonds is 6. The summed E-state index contributed by atoms with van der Waals surface area (Å²) >= 11 is 0. The summed E-state index contributed by atoms with van der Waals surface area (Å²) < 4.78 is 2.14. The Balaban J connectivity index is 2.22. The third kappa shape index (κ3) is 3.12. The molecule has 0 saturated carbocycles. The molecule has 1 aromatic carbocycles. The summed E-state index contributed by atoms with van der Waals surface area (Å²) in [6.45, 7) is 5.74. The molecule has 0 unspecified atom stereocenters. The van der Waals surface area contributed by atoms with Crippen molar-refractivity contribution in [2.75, 3.05) is 18.5 Å². The number of nitrogens with one attached hydrogen (secondary N) is 1. The summed E-state index contributed by atoms with van der Waals surface area (Å²) in [6, 6.07) is 8.03. The van der Waals surface area contributed by atoms with E-state index in [-0.39, 0.29) is 6.61 Å². The predicted octanol–water partition coefficient (Wildman–Crippen LogP) is 2.07. The van der Waals surface area contributed by atoms with Gasteiger partial charge >= 0.3 is 0 Å². The molecule has 0 amide bonds. The van der Waals surface area contributed by atoms with E-state index in [9.17, 15) is 0 Å². The zero-order valence-corrected chi connectivity index (χ0v) is 11.4. The highest BCUT2D eigenvalue weighted by molar-refractivity contribution is 5.60. The number of aliphatic hydroxyl groups excluding tert-OH is 1. The smallest absolute Gasteiger partial charge is 0.163 e. The molecule has 0 aliphatic carbocycles. The van der Waals surface area contributed by atoms with Crippen molar-refractivity contribution in [1.82, 2.24) is 14.8 Å². The minimum Gasteiger partial charge on any atom is -0.395 e. The number of nitrogens with zero attached hydrogens (tertiary/aromatic N) is 3. The van der Waals surface area contributed by atoms with E-state index in [0.717, 1.165) is 35.9 Å². The molecule has 0 bridgehead atoms. The molecule has 0 fully saturated rings. The Bertz CT molecular complexity index is 519. The van der Waals surface area contributed by atoms with Gasteiger partial charge in [-0.05, 0) is 37.6 Å². The van der Waals surface area contributed by atoms with E-state index in [2.05, 4.69) is 27.0 Å². The number of anilines is 1. The third-order valence-corrected chi connectivity index (χ3v) is 2.97. The lowest BCUT2D eigenvalue weighted by Crippen LogP contribution is -2.05. The zero-order chi connectivity index (χ0) is 13.7. The lowest BCUT2D eigenvalue weighted by Gasteiger charge is -2.08. The lowest BCUT2D eigenvalue weighted by molar-refractivity contribution is 0.311. The molecule has 19 heavy (non-hydrogen) atoms. The van der Waals surface area contributed by atoms with Gasteiger partial charge in [-0.25, -0.2) is 0 Å². The van der Waals surface area contributed by atoms with Crippen LogP contribution in [0.2, 0.25) is 0 Å². The molecule has 0 spiro atoms. The summed E-state index contributed by atoms with van der Waals surface area (Å²) in [6.07, 6.45) is 1.06. The average molecular weight is 260 g/mol. The zero-order valence-electron chi connectivity index (χ0n) is 11.4. The van der Waals surface area contributed by atoms with Crippen LogP contribution in [0.1, 0.15) is 19.2 Å². The van der Waals surface area contributed by atoms with Crippen LogP contribution in [0.15, 0.2) is 24.3 Å². The van der Waals surface area contributed by atoms with E-state index in [4.69, 9.17) is 5.11 Å². The Hall–Kier alpha value is -1.88. The van der Waals surface area contributed by atoms with Crippen LogP contribution in [0.3, 0.4) is 0 Å². The number of aliphatic hydroxyl groups is 1. The maximum absolute atomic E-state index is 8.77. The Morgan fingerprint density at radius 3 is 2.58 bits per heavy atom. The van der Waals surface area contributed by atoms with E-state index in [1.807, 2.05) is 31.2 Å². The molecule has 0 aliphatic rings. The second kappa shape index (κ2) is 6.33. The van der Waals surface area contributed by atoms with Crippen molar-refractivity contribution in [3.05, 3.63) is 30.1 Å². The highest BCUT2D eigenvalue weighted by Crippen LogP contribution is 2.20. The third-order valence-electron chi connectivity index (χ3n) is 2.97. The van der Waals surface area contributed by atoms with Crippen LogP contribution in [0.4, 0.5) is 5.69 Å². The molecule has 2 aromatic rings. The van der Waals surface area contributed by atoms with Gasteiger partial charge < -0.3 is 15.0 Å². The van der Waals surface area contributed by atoms with Gasteiger partial charge in [0.1, 0.15) is 5.82 Å². The molecule has 0 aliphatic heterocycles. The predicted molar refractivity (Wildman–Crippen MR) is 76.1 cm³/mol. The molecule has 1 heterocycles. The van der Waals surface area contributed by atoms with Gasteiger partial charge in [0.15, 0.2) is 5.82 Å². The van der Waals surface area contributed by atoms with E-state index < -0.39 is 0 Å². The minimum atomic E-state index is 0.131. The summed E-state index contributed by atoms with van der Waals surface area (Å²) in [5.74, 6) is 1.85. The van der Waals surface area contributed by atoms with Crippen molar-refractivity contribution in [2.45, 2.75) is 26.8 Å². The summed E-state index contributed by atoms with van der Waals surface area (Å²) in [5.41, 5.74) is 2.06. The van der Waals surface area contributed by atoms with E-state index in [0.29, 0.717) is 6.54 Å². The van der Waals surface area contributed by atoms with Crippen molar-refractivity contribution in [2.24, 2.45) is 0 Å². The first-order valence-electron chi connectivity index (χ1n) is 6.61. The van der Waals surface area contributed by atoms with Crippen LogP contribution in [0.5, 0.6) is 0 Å². The molecular formula is C14H20N4O. The first-order chi connectivity index (χ1) is 9.26. The second-order valence-electron chi connectivity index (χ2n) is 4.45. The van der Waals surface area contributed by atoms with E-state index in [1.54, 1.807) is 0 Å². The molecule has 0 atom stereocenters. The Morgan fingerprint density at radius 2 is 1.95 bits per heavy atom. The Morgan fingerprint density at radius 1 is 1.21 bits per heavy atom. The number of aromatic nitrogens is 3. The van der Waals surface area contributed by atoms with Gasteiger partial charge in [-0.15, -0.1) is 10.2 Å². The van der Waals surface area contributed by atoms with Crippen molar-refractivity contribution in [3.63, 3.8) is 0 Å². The van der Waals surface area contributed by atoms with Gasteiger partial charge in [-0.2, -0.15) is 0 Å². The molecule has 2 N–H and O–H groups in total.